The number of hydrogen-bond acceptors (Lipinski definition) is 3. The van der Waals surface area contributed by atoms with E-state index in [1.165, 1.54) is 16.8 Å². The predicted octanol–water partition coefficient (Wildman–Crippen LogP) is 2.57. The van der Waals surface area contributed by atoms with Crippen LogP contribution >= 0.6 is 11.6 Å². The van der Waals surface area contributed by atoms with Crippen molar-refractivity contribution >= 4 is 17.5 Å². The molecule has 1 aromatic heterocycles. The molecule has 2 aromatic rings. The van der Waals surface area contributed by atoms with E-state index in [0.717, 1.165) is 0 Å². The minimum atomic E-state index is -0.350. The molecule has 7 heteroatoms. The van der Waals surface area contributed by atoms with E-state index in [9.17, 15) is 14.3 Å². The number of rotatable bonds is 2. The lowest BCUT2D eigenvalue weighted by atomic mass is 10.1. The summed E-state index contributed by atoms with van der Waals surface area (Å²) in [5.41, 5.74) is 1.47. The normalized spacial score (nSPS) is 15.9. The Morgan fingerprint density at radius 2 is 1.91 bits per heavy atom. The third-order valence-electron chi connectivity index (χ3n) is 4.04. The fourth-order valence-electron chi connectivity index (χ4n) is 2.72. The molecule has 1 N–H and O–H groups in total. The van der Waals surface area contributed by atoms with Gasteiger partial charge in [-0.15, -0.1) is 0 Å². The number of benzene rings is 1. The van der Waals surface area contributed by atoms with Crippen molar-refractivity contribution < 1.29 is 14.3 Å². The number of carbonyl (C=O) groups is 1. The Morgan fingerprint density at radius 1 is 1.30 bits per heavy atom. The van der Waals surface area contributed by atoms with Gasteiger partial charge in [-0.3, -0.25) is 4.79 Å². The number of aromatic nitrogens is 2. The maximum absolute atomic E-state index is 13.0. The molecule has 0 saturated carbocycles. The fraction of sp³-hybridized carbons (Fsp3) is 0.375. The minimum absolute atomic E-state index is 0.187. The zero-order valence-corrected chi connectivity index (χ0v) is 13.4. The maximum atomic E-state index is 13.0. The van der Waals surface area contributed by atoms with Crippen molar-refractivity contribution in [3.8, 4) is 5.69 Å². The molecule has 122 valence electrons. The SMILES string of the molecule is Cc1nn(-c2ccc(F)cc2)c(Cl)c1C(=O)N1CCC(O)CC1. The summed E-state index contributed by atoms with van der Waals surface area (Å²) < 4.78 is 14.5. The lowest BCUT2D eigenvalue weighted by Crippen LogP contribution is -2.40. The molecule has 0 aliphatic carbocycles. The van der Waals surface area contributed by atoms with Gasteiger partial charge in [-0.2, -0.15) is 5.10 Å². The second kappa shape index (κ2) is 6.29. The van der Waals surface area contributed by atoms with Crippen molar-refractivity contribution in [2.75, 3.05) is 13.1 Å². The first kappa shape index (κ1) is 16.0. The third kappa shape index (κ3) is 3.09. The van der Waals surface area contributed by atoms with Crippen molar-refractivity contribution in [2.45, 2.75) is 25.9 Å². The Morgan fingerprint density at radius 3 is 2.52 bits per heavy atom. The molecule has 0 bridgehead atoms. The molecule has 1 fully saturated rings. The van der Waals surface area contributed by atoms with E-state index in [4.69, 9.17) is 11.6 Å². The number of carbonyl (C=O) groups excluding carboxylic acids is 1. The summed E-state index contributed by atoms with van der Waals surface area (Å²) in [6.45, 7) is 2.72. The Bertz CT molecular complexity index is 722. The molecule has 3 rings (SSSR count). The Labute approximate surface area is 138 Å². The van der Waals surface area contributed by atoms with Crippen LogP contribution in [0.5, 0.6) is 0 Å². The van der Waals surface area contributed by atoms with Crippen LogP contribution in [0.4, 0.5) is 4.39 Å². The largest absolute Gasteiger partial charge is 0.393 e. The second-order valence-corrected chi connectivity index (χ2v) is 6.02. The van der Waals surface area contributed by atoms with Crippen molar-refractivity contribution in [2.24, 2.45) is 0 Å². The minimum Gasteiger partial charge on any atom is -0.393 e. The summed E-state index contributed by atoms with van der Waals surface area (Å²) in [4.78, 5) is 14.4. The monoisotopic (exact) mass is 337 g/mol. The van der Waals surface area contributed by atoms with Gasteiger partial charge in [-0.05, 0) is 44.0 Å². The molecular formula is C16H17ClFN3O2. The van der Waals surface area contributed by atoms with Gasteiger partial charge in [0.2, 0.25) is 0 Å². The molecule has 2 heterocycles. The van der Waals surface area contributed by atoms with Gasteiger partial charge >= 0.3 is 0 Å². The first-order valence-corrected chi connectivity index (χ1v) is 7.83. The number of piperidine rings is 1. The fourth-order valence-corrected chi connectivity index (χ4v) is 3.08. The molecule has 1 saturated heterocycles. The maximum Gasteiger partial charge on any atom is 0.258 e. The molecule has 0 atom stereocenters. The standard InChI is InChI=1S/C16H17ClFN3O2/c1-10-14(16(23)20-8-6-13(22)7-9-20)15(17)21(19-10)12-4-2-11(18)3-5-12/h2-5,13,22H,6-9H2,1H3. The number of hydrogen-bond donors (Lipinski definition) is 1. The number of amides is 1. The van der Waals surface area contributed by atoms with Gasteiger partial charge in [-0.25, -0.2) is 9.07 Å². The van der Waals surface area contributed by atoms with Gasteiger partial charge < -0.3 is 10.0 Å². The van der Waals surface area contributed by atoms with Gasteiger partial charge in [0.1, 0.15) is 11.0 Å². The molecule has 0 spiro atoms. The van der Waals surface area contributed by atoms with Crippen LogP contribution in [0, 0.1) is 12.7 Å². The zero-order chi connectivity index (χ0) is 16.6. The van der Waals surface area contributed by atoms with Gasteiger partial charge in [0, 0.05) is 13.1 Å². The highest BCUT2D eigenvalue weighted by Crippen LogP contribution is 2.26. The topological polar surface area (TPSA) is 58.4 Å². The van der Waals surface area contributed by atoms with Gasteiger partial charge in [0.05, 0.1) is 23.0 Å². The molecule has 1 aliphatic rings. The third-order valence-corrected chi connectivity index (χ3v) is 4.39. The molecule has 0 unspecified atom stereocenters. The number of halogens is 2. The van der Waals surface area contributed by atoms with E-state index in [-0.39, 0.29) is 23.0 Å². The summed E-state index contributed by atoms with van der Waals surface area (Å²) in [5, 5.41) is 14.1. The number of aliphatic hydroxyl groups excluding tert-OH is 1. The van der Waals surface area contributed by atoms with Crippen LogP contribution in [0.2, 0.25) is 5.15 Å². The van der Waals surface area contributed by atoms with Crippen LogP contribution in [0.15, 0.2) is 24.3 Å². The van der Waals surface area contributed by atoms with Crippen LogP contribution < -0.4 is 0 Å². The summed E-state index contributed by atoms with van der Waals surface area (Å²) in [5.74, 6) is -0.537. The highest BCUT2D eigenvalue weighted by molar-refractivity contribution is 6.33. The second-order valence-electron chi connectivity index (χ2n) is 5.66. The summed E-state index contributed by atoms with van der Waals surface area (Å²) in [6.07, 6.45) is 0.779. The highest BCUT2D eigenvalue weighted by Gasteiger charge is 2.28. The van der Waals surface area contributed by atoms with E-state index in [1.807, 2.05) is 0 Å². The van der Waals surface area contributed by atoms with E-state index >= 15 is 0 Å². The number of aliphatic hydroxyl groups is 1. The first-order chi connectivity index (χ1) is 11.0. The van der Waals surface area contributed by atoms with Crippen LogP contribution in [0.25, 0.3) is 5.69 Å². The van der Waals surface area contributed by atoms with E-state index in [0.29, 0.717) is 42.9 Å². The summed E-state index contributed by atoms with van der Waals surface area (Å²) >= 11 is 6.36. The molecule has 1 aliphatic heterocycles. The highest BCUT2D eigenvalue weighted by atomic mass is 35.5. The molecule has 23 heavy (non-hydrogen) atoms. The van der Waals surface area contributed by atoms with Crippen LogP contribution in [0.1, 0.15) is 28.9 Å². The quantitative estimate of drug-likeness (QED) is 0.916. The van der Waals surface area contributed by atoms with Gasteiger partial charge in [-0.1, -0.05) is 11.6 Å². The zero-order valence-electron chi connectivity index (χ0n) is 12.7. The average Bonchev–Trinajstić information content (AvgIpc) is 2.83. The first-order valence-electron chi connectivity index (χ1n) is 7.46. The smallest absolute Gasteiger partial charge is 0.258 e. The summed E-state index contributed by atoms with van der Waals surface area (Å²) in [6, 6.07) is 5.74. The Balaban J connectivity index is 1.91. The van der Waals surface area contributed by atoms with Gasteiger partial charge in [0.25, 0.3) is 5.91 Å². The van der Waals surface area contributed by atoms with Crippen LogP contribution in [-0.2, 0) is 0 Å². The molecule has 5 nitrogen and oxygen atoms in total. The Kier molecular flexibility index (Phi) is 4.37. The van der Waals surface area contributed by atoms with Crippen molar-refractivity contribution in [1.82, 2.24) is 14.7 Å². The molecule has 0 radical (unpaired) electrons. The molecular weight excluding hydrogens is 321 g/mol. The number of aryl methyl sites for hydroxylation is 1. The number of nitrogens with zero attached hydrogens (tertiary/aromatic N) is 3. The van der Waals surface area contributed by atoms with Crippen molar-refractivity contribution in [3.63, 3.8) is 0 Å². The van der Waals surface area contributed by atoms with E-state index in [1.54, 1.807) is 24.0 Å². The number of likely N-dealkylation sites (tertiary alicyclic amines) is 1. The lowest BCUT2D eigenvalue weighted by Gasteiger charge is -2.29. The Hall–Kier alpha value is -1.92. The molecule has 1 amide bonds. The van der Waals surface area contributed by atoms with Crippen LogP contribution in [-0.4, -0.2) is 44.9 Å². The molecule has 1 aromatic carbocycles. The summed E-state index contributed by atoms with van der Waals surface area (Å²) in [7, 11) is 0. The predicted molar refractivity (Wildman–Crippen MR) is 84.4 cm³/mol. The van der Waals surface area contributed by atoms with Crippen LogP contribution in [0.3, 0.4) is 0 Å². The lowest BCUT2D eigenvalue weighted by molar-refractivity contribution is 0.0546. The van der Waals surface area contributed by atoms with E-state index in [2.05, 4.69) is 5.10 Å². The van der Waals surface area contributed by atoms with Crippen molar-refractivity contribution in [1.29, 1.82) is 0 Å². The average molecular weight is 338 g/mol. The van der Waals surface area contributed by atoms with Gasteiger partial charge in [0.15, 0.2) is 0 Å². The van der Waals surface area contributed by atoms with Crippen molar-refractivity contribution in [3.05, 3.63) is 46.5 Å². The van der Waals surface area contributed by atoms with E-state index < -0.39 is 0 Å².